The summed E-state index contributed by atoms with van der Waals surface area (Å²) >= 11 is 1.50. The first-order valence-electron chi connectivity index (χ1n) is 9.51. The summed E-state index contributed by atoms with van der Waals surface area (Å²) in [6, 6.07) is 7.38. The fraction of sp³-hybridized carbons (Fsp3) is 0.429. The summed E-state index contributed by atoms with van der Waals surface area (Å²) in [7, 11) is 1.60. The standard InChI is InChI=1S/C21H26N2O4S/c1-4-27-21(25)19-16-9-8-13(2)10-17(16)28-20(19)23-18(24)12-22-14-6-5-7-15(11-14)26-3/h5-7,11,13,22H,4,8-10,12H2,1-3H3,(H,23,24)/t13-/m0/s1. The average molecular weight is 403 g/mol. The highest BCUT2D eigenvalue weighted by Crippen LogP contribution is 2.40. The second-order valence-electron chi connectivity index (χ2n) is 6.91. The number of benzene rings is 1. The van der Waals surface area contributed by atoms with Crippen LogP contribution < -0.4 is 15.4 Å². The van der Waals surface area contributed by atoms with Crippen LogP contribution in [-0.2, 0) is 22.4 Å². The molecule has 3 rings (SSSR count). The average Bonchev–Trinajstić information content (AvgIpc) is 3.03. The van der Waals surface area contributed by atoms with Crippen molar-refractivity contribution in [3.05, 3.63) is 40.3 Å². The van der Waals surface area contributed by atoms with E-state index >= 15 is 0 Å². The molecule has 1 atom stereocenters. The SMILES string of the molecule is CCOC(=O)c1c(NC(=O)CNc2cccc(OC)c2)sc2c1CC[C@H](C)C2. The number of amides is 1. The lowest BCUT2D eigenvalue weighted by atomic mass is 9.88. The van der Waals surface area contributed by atoms with E-state index in [9.17, 15) is 9.59 Å². The highest BCUT2D eigenvalue weighted by Gasteiger charge is 2.29. The Morgan fingerprint density at radius 3 is 2.89 bits per heavy atom. The summed E-state index contributed by atoms with van der Waals surface area (Å²) in [5.41, 5.74) is 2.36. The van der Waals surface area contributed by atoms with Crippen LogP contribution in [0.3, 0.4) is 0 Å². The predicted octanol–water partition coefficient (Wildman–Crippen LogP) is 4.11. The molecular formula is C21H26N2O4S. The van der Waals surface area contributed by atoms with Crippen LogP contribution in [0.15, 0.2) is 24.3 Å². The molecule has 0 spiro atoms. The highest BCUT2D eigenvalue weighted by molar-refractivity contribution is 7.17. The lowest BCUT2D eigenvalue weighted by Gasteiger charge is -2.18. The zero-order valence-electron chi connectivity index (χ0n) is 16.5. The first-order valence-corrected chi connectivity index (χ1v) is 10.3. The number of esters is 1. The van der Waals surface area contributed by atoms with Crippen LogP contribution >= 0.6 is 11.3 Å². The molecule has 6 nitrogen and oxygen atoms in total. The minimum absolute atomic E-state index is 0.0917. The van der Waals surface area contributed by atoms with Gasteiger partial charge in [0.1, 0.15) is 10.8 Å². The second-order valence-corrected chi connectivity index (χ2v) is 8.02. The van der Waals surface area contributed by atoms with E-state index in [0.717, 1.165) is 36.3 Å². The molecule has 2 aromatic rings. The van der Waals surface area contributed by atoms with Gasteiger partial charge < -0.3 is 20.1 Å². The van der Waals surface area contributed by atoms with Gasteiger partial charge in [-0.25, -0.2) is 4.79 Å². The van der Waals surface area contributed by atoms with Crippen molar-refractivity contribution in [2.75, 3.05) is 30.9 Å². The maximum absolute atomic E-state index is 12.5. The second kappa shape index (κ2) is 9.10. The molecule has 150 valence electrons. The van der Waals surface area contributed by atoms with Crippen molar-refractivity contribution < 1.29 is 19.1 Å². The molecule has 28 heavy (non-hydrogen) atoms. The number of carbonyl (C=O) groups is 2. The third-order valence-corrected chi connectivity index (χ3v) is 5.94. The van der Waals surface area contributed by atoms with E-state index in [1.165, 1.54) is 16.2 Å². The van der Waals surface area contributed by atoms with E-state index in [0.29, 0.717) is 23.1 Å². The molecule has 0 fully saturated rings. The summed E-state index contributed by atoms with van der Waals surface area (Å²) in [5, 5.41) is 6.58. The number of methoxy groups -OCH3 is 1. The quantitative estimate of drug-likeness (QED) is 0.682. The van der Waals surface area contributed by atoms with E-state index in [2.05, 4.69) is 17.6 Å². The van der Waals surface area contributed by atoms with Gasteiger partial charge in [0, 0.05) is 16.6 Å². The van der Waals surface area contributed by atoms with Gasteiger partial charge in [-0.05, 0) is 49.8 Å². The van der Waals surface area contributed by atoms with Crippen LogP contribution in [-0.4, -0.2) is 32.1 Å². The number of nitrogens with one attached hydrogen (secondary N) is 2. The summed E-state index contributed by atoms with van der Waals surface area (Å²) < 4.78 is 10.4. The Kier molecular flexibility index (Phi) is 6.57. The molecule has 0 saturated carbocycles. The van der Waals surface area contributed by atoms with Crippen LogP contribution in [0.2, 0.25) is 0 Å². The van der Waals surface area contributed by atoms with Crippen molar-refractivity contribution in [1.82, 2.24) is 0 Å². The summed E-state index contributed by atoms with van der Waals surface area (Å²) in [6.45, 7) is 4.40. The molecule has 1 aromatic heterocycles. The lowest BCUT2D eigenvalue weighted by molar-refractivity contribution is -0.114. The molecule has 1 aromatic carbocycles. The zero-order valence-corrected chi connectivity index (χ0v) is 17.3. The smallest absolute Gasteiger partial charge is 0.341 e. The van der Waals surface area contributed by atoms with Gasteiger partial charge in [0.05, 0.1) is 25.8 Å². The number of thiophene rings is 1. The van der Waals surface area contributed by atoms with Gasteiger partial charge in [0.25, 0.3) is 0 Å². The number of carbonyl (C=O) groups excluding carboxylic acids is 2. The van der Waals surface area contributed by atoms with Crippen molar-refractivity contribution in [2.24, 2.45) is 5.92 Å². The van der Waals surface area contributed by atoms with Gasteiger partial charge in [-0.1, -0.05) is 13.0 Å². The number of rotatable bonds is 7. The van der Waals surface area contributed by atoms with Gasteiger partial charge in [-0.15, -0.1) is 11.3 Å². The molecule has 0 unspecified atom stereocenters. The van der Waals surface area contributed by atoms with Crippen LogP contribution in [0.25, 0.3) is 0 Å². The maximum Gasteiger partial charge on any atom is 0.341 e. The number of hydrogen-bond donors (Lipinski definition) is 2. The van der Waals surface area contributed by atoms with E-state index in [4.69, 9.17) is 9.47 Å². The number of anilines is 2. The summed E-state index contributed by atoms with van der Waals surface area (Å²) in [4.78, 5) is 26.2. The summed E-state index contributed by atoms with van der Waals surface area (Å²) in [5.74, 6) is 0.736. The molecule has 7 heteroatoms. The van der Waals surface area contributed by atoms with Crippen molar-refractivity contribution in [1.29, 1.82) is 0 Å². The van der Waals surface area contributed by atoms with Crippen LogP contribution in [0.1, 0.15) is 41.1 Å². The molecule has 0 bridgehead atoms. The van der Waals surface area contributed by atoms with Crippen LogP contribution in [0.5, 0.6) is 5.75 Å². The largest absolute Gasteiger partial charge is 0.497 e. The third kappa shape index (κ3) is 4.65. The van der Waals surface area contributed by atoms with E-state index < -0.39 is 0 Å². The molecule has 0 radical (unpaired) electrons. The topological polar surface area (TPSA) is 76.7 Å². The van der Waals surface area contributed by atoms with Crippen LogP contribution in [0.4, 0.5) is 10.7 Å². The molecule has 1 aliphatic rings. The fourth-order valence-electron chi connectivity index (χ4n) is 3.34. The Bertz CT molecular complexity index is 862. The third-order valence-electron chi connectivity index (χ3n) is 4.77. The van der Waals surface area contributed by atoms with Gasteiger partial charge in [-0.2, -0.15) is 0 Å². The molecule has 2 N–H and O–H groups in total. The molecule has 1 aliphatic carbocycles. The van der Waals surface area contributed by atoms with Gasteiger partial charge >= 0.3 is 5.97 Å². The Labute approximate surface area is 169 Å². The summed E-state index contributed by atoms with van der Waals surface area (Å²) in [6.07, 6.45) is 2.82. The molecule has 0 aliphatic heterocycles. The Hall–Kier alpha value is -2.54. The van der Waals surface area contributed by atoms with E-state index in [1.807, 2.05) is 24.3 Å². The zero-order chi connectivity index (χ0) is 20.1. The van der Waals surface area contributed by atoms with E-state index in [-0.39, 0.29) is 18.4 Å². The monoisotopic (exact) mass is 402 g/mol. The predicted molar refractivity (Wildman–Crippen MR) is 112 cm³/mol. The first-order chi connectivity index (χ1) is 13.5. The Morgan fingerprint density at radius 2 is 2.14 bits per heavy atom. The molecule has 1 heterocycles. The fourth-order valence-corrected chi connectivity index (χ4v) is 4.76. The molecule has 0 saturated heterocycles. The van der Waals surface area contributed by atoms with Gasteiger partial charge in [-0.3, -0.25) is 4.79 Å². The Balaban J connectivity index is 1.73. The number of fused-ring (bicyclic) bond motifs is 1. The number of hydrogen-bond acceptors (Lipinski definition) is 6. The Morgan fingerprint density at radius 1 is 1.32 bits per heavy atom. The van der Waals surface area contributed by atoms with Gasteiger partial charge in [0.15, 0.2) is 0 Å². The van der Waals surface area contributed by atoms with E-state index in [1.54, 1.807) is 14.0 Å². The maximum atomic E-state index is 12.5. The lowest BCUT2D eigenvalue weighted by Crippen LogP contribution is -2.22. The van der Waals surface area contributed by atoms with Crippen molar-refractivity contribution in [2.45, 2.75) is 33.1 Å². The van der Waals surface area contributed by atoms with Crippen molar-refractivity contribution >= 4 is 33.9 Å². The van der Waals surface area contributed by atoms with Crippen molar-refractivity contribution in [3.63, 3.8) is 0 Å². The first kappa shape index (κ1) is 20.2. The highest BCUT2D eigenvalue weighted by atomic mass is 32.1. The molecular weight excluding hydrogens is 376 g/mol. The normalized spacial score (nSPS) is 15.5. The minimum Gasteiger partial charge on any atom is -0.497 e. The number of ether oxygens (including phenoxy) is 2. The molecule has 1 amide bonds. The van der Waals surface area contributed by atoms with Gasteiger partial charge in [0.2, 0.25) is 5.91 Å². The van der Waals surface area contributed by atoms with Crippen LogP contribution in [0, 0.1) is 5.92 Å². The van der Waals surface area contributed by atoms with Crippen molar-refractivity contribution in [3.8, 4) is 5.75 Å². The minimum atomic E-state index is -0.356.